The minimum absolute atomic E-state index is 0.0864. The van der Waals surface area contributed by atoms with Crippen LogP contribution in [-0.2, 0) is 18.4 Å². The lowest BCUT2D eigenvalue weighted by Gasteiger charge is -1.97. The van der Waals surface area contributed by atoms with Crippen LogP contribution in [0, 0.1) is 0 Å². The van der Waals surface area contributed by atoms with E-state index in [0.29, 0.717) is 17.3 Å². The Balaban J connectivity index is 2.62. The third kappa shape index (κ3) is 2.23. The monoisotopic (exact) mass is 187 g/mol. The lowest BCUT2D eigenvalue weighted by molar-refractivity contribution is -0.119. The van der Waals surface area contributed by atoms with Crippen molar-refractivity contribution in [3.8, 4) is 0 Å². The number of hydrogen-bond acceptors (Lipinski definition) is 2. The van der Waals surface area contributed by atoms with Crippen molar-refractivity contribution in [3.63, 3.8) is 0 Å². The maximum Gasteiger partial charge on any atom is 0.217 e. The van der Waals surface area contributed by atoms with Crippen molar-refractivity contribution in [2.24, 2.45) is 7.05 Å². The number of nitrogens with zero attached hydrogens (tertiary/aromatic N) is 2. The number of amides is 1. The lowest BCUT2D eigenvalue weighted by Crippen LogP contribution is -2.19. The molecular weight excluding hydrogens is 178 g/mol. The smallest absolute Gasteiger partial charge is 0.217 e. The van der Waals surface area contributed by atoms with Crippen LogP contribution < -0.4 is 5.32 Å². The highest BCUT2D eigenvalue weighted by Gasteiger charge is 2.04. The molecule has 0 fully saturated rings. The van der Waals surface area contributed by atoms with Gasteiger partial charge in [0.1, 0.15) is 5.69 Å². The van der Waals surface area contributed by atoms with Gasteiger partial charge in [-0.2, -0.15) is 5.10 Å². The molecule has 0 aliphatic heterocycles. The molecule has 12 heavy (non-hydrogen) atoms. The summed E-state index contributed by atoms with van der Waals surface area (Å²) in [6, 6.07) is 0. The highest BCUT2D eigenvalue weighted by atomic mass is 35.5. The van der Waals surface area contributed by atoms with Gasteiger partial charge in [-0.05, 0) is 0 Å². The molecule has 4 nitrogen and oxygen atoms in total. The van der Waals surface area contributed by atoms with Gasteiger partial charge in [0.25, 0.3) is 0 Å². The molecule has 1 amide bonds. The first-order valence-corrected chi connectivity index (χ1v) is 3.90. The molecule has 0 unspecified atom stereocenters. The molecule has 0 bridgehead atoms. The van der Waals surface area contributed by atoms with E-state index >= 15 is 0 Å². The highest BCUT2D eigenvalue weighted by Crippen LogP contribution is 2.12. The van der Waals surface area contributed by atoms with Crippen molar-refractivity contribution in [3.05, 3.63) is 16.9 Å². The van der Waals surface area contributed by atoms with Crippen LogP contribution in [0.25, 0.3) is 0 Å². The standard InChI is InChI=1S/C7H10ClN3O/c1-5(12)9-3-7-6(8)4-11(2)10-7/h4H,3H2,1-2H3,(H,9,12). The van der Waals surface area contributed by atoms with Gasteiger partial charge >= 0.3 is 0 Å². The van der Waals surface area contributed by atoms with Crippen LogP contribution >= 0.6 is 11.6 Å². The van der Waals surface area contributed by atoms with Gasteiger partial charge in [-0.1, -0.05) is 11.6 Å². The van der Waals surface area contributed by atoms with Gasteiger partial charge < -0.3 is 5.32 Å². The fourth-order valence-electron chi connectivity index (χ4n) is 0.834. The zero-order chi connectivity index (χ0) is 9.14. The largest absolute Gasteiger partial charge is 0.351 e. The second-order valence-electron chi connectivity index (χ2n) is 2.51. The molecule has 0 saturated carbocycles. The van der Waals surface area contributed by atoms with Gasteiger partial charge in [-0.25, -0.2) is 0 Å². The minimum atomic E-state index is -0.0864. The van der Waals surface area contributed by atoms with Gasteiger partial charge in [-0.15, -0.1) is 0 Å². The maximum atomic E-state index is 10.5. The van der Waals surface area contributed by atoms with Crippen molar-refractivity contribution in [2.45, 2.75) is 13.5 Å². The second-order valence-corrected chi connectivity index (χ2v) is 2.91. The molecule has 1 N–H and O–H groups in total. The number of hydrogen-bond donors (Lipinski definition) is 1. The van der Waals surface area contributed by atoms with E-state index < -0.39 is 0 Å². The summed E-state index contributed by atoms with van der Waals surface area (Å²) in [5.74, 6) is -0.0864. The summed E-state index contributed by atoms with van der Waals surface area (Å²) in [4.78, 5) is 10.5. The van der Waals surface area contributed by atoms with Gasteiger partial charge in [0.05, 0.1) is 11.6 Å². The summed E-state index contributed by atoms with van der Waals surface area (Å²) in [6.45, 7) is 1.84. The molecule has 66 valence electrons. The summed E-state index contributed by atoms with van der Waals surface area (Å²) < 4.78 is 1.61. The Hall–Kier alpha value is -1.03. The van der Waals surface area contributed by atoms with Crippen molar-refractivity contribution < 1.29 is 4.79 Å². The second kappa shape index (κ2) is 3.58. The number of rotatable bonds is 2. The van der Waals surface area contributed by atoms with E-state index in [9.17, 15) is 4.79 Å². The molecule has 1 aromatic heterocycles. The van der Waals surface area contributed by atoms with E-state index in [-0.39, 0.29) is 5.91 Å². The summed E-state index contributed by atoms with van der Waals surface area (Å²) in [6.07, 6.45) is 1.69. The molecule has 0 aliphatic rings. The Bertz CT molecular complexity index is 295. The zero-order valence-electron chi connectivity index (χ0n) is 6.97. The maximum absolute atomic E-state index is 10.5. The third-order valence-corrected chi connectivity index (χ3v) is 1.67. The number of aromatic nitrogens is 2. The Kier molecular flexibility index (Phi) is 2.70. The molecular formula is C7H10ClN3O. The normalized spacial score (nSPS) is 9.92. The first kappa shape index (κ1) is 9.06. The molecule has 0 aliphatic carbocycles. The first-order valence-electron chi connectivity index (χ1n) is 3.52. The quantitative estimate of drug-likeness (QED) is 0.742. The summed E-state index contributed by atoms with van der Waals surface area (Å²) in [5.41, 5.74) is 0.689. The third-order valence-electron chi connectivity index (χ3n) is 1.36. The van der Waals surface area contributed by atoms with Crippen molar-refractivity contribution >= 4 is 17.5 Å². The molecule has 0 spiro atoms. The Labute approximate surface area is 75.5 Å². The van der Waals surface area contributed by atoms with Gasteiger partial charge in [-0.3, -0.25) is 9.48 Å². The Morgan fingerprint density at radius 3 is 2.92 bits per heavy atom. The fraction of sp³-hybridized carbons (Fsp3) is 0.429. The van der Waals surface area contributed by atoms with E-state index in [4.69, 9.17) is 11.6 Å². The molecule has 0 saturated heterocycles. The Morgan fingerprint density at radius 2 is 2.50 bits per heavy atom. The van der Waals surface area contributed by atoms with Gasteiger partial charge in [0, 0.05) is 20.2 Å². The van der Waals surface area contributed by atoms with E-state index in [1.807, 2.05) is 0 Å². The topological polar surface area (TPSA) is 46.9 Å². The SMILES string of the molecule is CC(=O)NCc1nn(C)cc1Cl. The van der Waals surface area contributed by atoms with Gasteiger partial charge in [0.15, 0.2) is 0 Å². The van der Waals surface area contributed by atoms with E-state index in [1.54, 1.807) is 17.9 Å². The number of carbonyl (C=O) groups excluding carboxylic acids is 1. The van der Waals surface area contributed by atoms with E-state index in [2.05, 4.69) is 10.4 Å². The fourth-order valence-corrected chi connectivity index (χ4v) is 1.08. The number of halogens is 1. The Morgan fingerprint density at radius 1 is 1.83 bits per heavy atom. The highest BCUT2D eigenvalue weighted by molar-refractivity contribution is 6.31. The number of aryl methyl sites for hydroxylation is 1. The van der Waals surface area contributed by atoms with Crippen molar-refractivity contribution in [1.29, 1.82) is 0 Å². The van der Waals surface area contributed by atoms with E-state index in [0.717, 1.165) is 0 Å². The predicted molar refractivity (Wildman–Crippen MR) is 45.7 cm³/mol. The summed E-state index contributed by atoms with van der Waals surface area (Å²) in [7, 11) is 1.78. The van der Waals surface area contributed by atoms with Crippen LogP contribution in [0.5, 0.6) is 0 Å². The number of carbonyl (C=O) groups is 1. The molecule has 1 heterocycles. The summed E-state index contributed by atoms with van der Waals surface area (Å²) in [5, 5.41) is 7.24. The molecule has 1 aromatic rings. The van der Waals surface area contributed by atoms with Crippen LogP contribution in [0.1, 0.15) is 12.6 Å². The summed E-state index contributed by atoms with van der Waals surface area (Å²) >= 11 is 5.79. The van der Waals surface area contributed by atoms with Crippen LogP contribution in [0.2, 0.25) is 5.02 Å². The average molecular weight is 188 g/mol. The molecule has 0 radical (unpaired) electrons. The molecule has 1 rings (SSSR count). The van der Waals surface area contributed by atoms with Crippen LogP contribution in [0.3, 0.4) is 0 Å². The van der Waals surface area contributed by atoms with Crippen LogP contribution in [0.15, 0.2) is 6.20 Å². The first-order chi connectivity index (χ1) is 5.59. The minimum Gasteiger partial charge on any atom is -0.351 e. The number of nitrogens with one attached hydrogen (secondary N) is 1. The van der Waals surface area contributed by atoms with Gasteiger partial charge in [0.2, 0.25) is 5.91 Å². The molecule has 0 atom stereocenters. The van der Waals surface area contributed by atoms with Crippen molar-refractivity contribution in [1.82, 2.24) is 15.1 Å². The van der Waals surface area contributed by atoms with E-state index in [1.165, 1.54) is 6.92 Å². The van der Waals surface area contributed by atoms with Crippen molar-refractivity contribution in [2.75, 3.05) is 0 Å². The average Bonchev–Trinajstić information content (AvgIpc) is 2.26. The lowest BCUT2D eigenvalue weighted by atomic mass is 10.4. The zero-order valence-corrected chi connectivity index (χ0v) is 7.72. The van der Waals surface area contributed by atoms with Crippen LogP contribution in [-0.4, -0.2) is 15.7 Å². The van der Waals surface area contributed by atoms with Crippen LogP contribution in [0.4, 0.5) is 0 Å². The molecule has 0 aromatic carbocycles. The predicted octanol–water partition coefficient (Wildman–Crippen LogP) is 0.710. The molecule has 5 heteroatoms.